The summed E-state index contributed by atoms with van der Waals surface area (Å²) in [6.07, 6.45) is 0. The van der Waals surface area contributed by atoms with E-state index in [9.17, 15) is 14.4 Å². The van der Waals surface area contributed by atoms with Crippen LogP contribution >= 0.6 is 22.9 Å². The summed E-state index contributed by atoms with van der Waals surface area (Å²) in [5.74, 6) is -2.52. The molecule has 29 heavy (non-hydrogen) atoms. The van der Waals surface area contributed by atoms with Crippen LogP contribution in [0, 0.1) is 5.92 Å². The first kappa shape index (κ1) is 20.2. The number of quaternary nitrogens is 1. The number of halogens is 1. The maximum Gasteiger partial charge on any atom is 0.291 e. The Hall–Kier alpha value is -2.06. The predicted molar refractivity (Wildman–Crippen MR) is 109 cm³/mol. The van der Waals surface area contributed by atoms with Gasteiger partial charge in [0, 0.05) is 5.02 Å². The number of hydrogen-bond acceptors (Lipinski definition) is 5. The predicted octanol–water partition coefficient (Wildman–Crippen LogP) is 1.27. The number of ketones is 2. The summed E-state index contributed by atoms with van der Waals surface area (Å²) in [6.45, 7) is 4.27. The zero-order valence-corrected chi connectivity index (χ0v) is 17.4. The second-order valence-corrected chi connectivity index (χ2v) is 8.67. The third kappa shape index (κ3) is 4.14. The van der Waals surface area contributed by atoms with Gasteiger partial charge in [-0.25, -0.2) is 0 Å². The minimum absolute atomic E-state index is 0.292. The lowest BCUT2D eigenvalue weighted by molar-refractivity contribution is -0.907. The van der Waals surface area contributed by atoms with E-state index in [1.54, 1.807) is 46.7 Å². The zero-order chi connectivity index (χ0) is 20.4. The standard InChI is InChI=1S/C21H21ClN2O4S/c22-15-5-3-14(4-6-15)18-17(19(25)16-2-1-13-29-16)20(26)21(27)24(18)8-7-23-9-11-28-12-10-23/h1-6,13,17-18H,7-12H2/p+1. The molecule has 152 valence electrons. The second kappa shape index (κ2) is 8.75. The Labute approximate surface area is 178 Å². The summed E-state index contributed by atoms with van der Waals surface area (Å²) in [7, 11) is 0. The Bertz CT molecular complexity index is 894. The molecule has 2 saturated heterocycles. The number of benzene rings is 1. The number of nitrogens with one attached hydrogen (secondary N) is 1. The number of Topliss-reactive ketones (excluding diaryl/α,β-unsaturated/α-hetero) is 2. The monoisotopic (exact) mass is 433 g/mol. The van der Waals surface area contributed by atoms with Crippen LogP contribution in [0.2, 0.25) is 5.02 Å². The van der Waals surface area contributed by atoms with Gasteiger partial charge in [-0.15, -0.1) is 11.3 Å². The van der Waals surface area contributed by atoms with E-state index in [0.29, 0.717) is 36.2 Å². The Morgan fingerprint density at radius 2 is 1.90 bits per heavy atom. The van der Waals surface area contributed by atoms with Crippen molar-refractivity contribution in [3.63, 3.8) is 0 Å². The molecule has 0 saturated carbocycles. The van der Waals surface area contributed by atoms with E-state index >= 15 is 0 Å². The molecule has 2 atom stereocenters. The van der Waals surface area contributed by atoms with Crippen molar-refractivity contribution in [3.05, 3.63) is 57.2 Å². The maximum atomic E-state index is 13.1. The maximum absolute atomic E-state index is 13.1. The number of rotatable bonds is 6. The van der Waals surface area contributed by atoms with Crippen LogP contribution in [0.5, 0.6) is 0 Å². The molecule has 3 heterocycles. The van der Waals surface area contributed by atoms with Crippen LogP contribution in [-0.4, -0.2) is 61.8 Å². The Morgan fingerprint density at radius 1 is 1.17 bits per heavy atom. The van der Waals surface area contributed by atoms with Gasteiger partial charge >= 0.3 is 0 Å². The first-order chi connectivity index (χ1) is 14.1. The number of thiophene rings is 1. The number of hydrogen-bond donors (Lipinski definition) is 1. The quantitative estimate of drug-likeness (QED) is 0.423. The lowest BCUT2D eigenvalue weighted by Crippen LogP contribution is -3.14. The fourth-order valence-corrected chi connectivity index (χ4v) is 4.85. The molecule has 0 spiro atoms. The topological polar surface area (TPSA) is 68.1 Å². The molecule has 0 bridgehead atoms. The van der Waals surface area contributed by atoms with Crippen LogP contribution in [0.4, 0.5) is 0 Å². The molecule has 1 aromatic heterocycles. The molecule has 1 amide bonds. The molecule has 1 N–H and O–H groups in total. The number of carbonyl (C=O) groups excluding carboxylic acids is 3. The molecular formula is C21H22ClN2O4S+. The molecule has 2 aliphatic heterocycles. The molecule has 2 unspecified atom stereocenters. The Morgan fingerprint density at radius 3 is 2.55 bits per heavy atom. The number of nitrogens with zero attached hydrogens (tertiary/aromatic N) is 1. The third-order valence-corrected chi connectivity index (χ3v) is 6.71. The minimum atomic E-state index is -1.03. The van der Waals surface area contributed by atoms with Crippen molar-refractivity contribution >= 4 is 40.4 Å². The van der Waals surface area contributed by atoms with Crippen LogP contribution in [-0.2, 0) is 14.3 Å². The number of likely N-dealkylation sites (tertiary alicyclic amines) is 1. The zero-order valence-electron chi connectivity index (χ0n) is 15.8. The normalized spacial score (nSPS) is 23.0. The van der Waals surface area contributed by atoms with Gasteiger partial charge < -0.3 is 14.5 Å². The van der Waals surface area contributed by atoms with Gasteiger partial charge in [0.2, 0.25) is 5.78 Å². The number of ether oxygens (including phenoxy) is 1. The van der Waals surface area contributed by atoms with Gasteiger partial charge in [-0.3, -0.25) is 14.4 Å². The molecular weight excluding hydrogens is 412 g/mol. The van der Waals surface area contributed by atoms with E-state index in [1.165, 1.54) is 16.2 Å². The second-order valence-electron chi connectivity index (χ2n) is 7.29. The van der Waals surface area contributed by atoms with Gasteiger partial charge in [-0.1, -0.05) is 29.8 Å². The first-order valence-electron chi connectivity index (χ1n) is 9.65. The summed E-state index contributed by atoms with van der Waals surface area (Å²) in [5, 5.41) is 2.36. The smallest absolute Gasteiger partial charge is 0.291 e. The van der Waals surface area contributed by atoms with Crippen molar-refractivity contribution in [2.75, 3.05) is 39.4 Å². The molecule has 0 radical (unpaired) electrons. The highest BCUT2D eigenvalue weighted by atomic mass is 35.5. The van der Waals surface area contributed by atoms with Crippen LogP contribution in [0.3, 0.4) is 0 Å². The van der Waals surface area contributed by atoms with Gasteiger partial charge in [-0.2, -0.15) is 0 Å². The highest BCUT2D eigenvalue weighted by molar-refractivity contribution is 7.12. The highest BCUT2D eigenvalue weighted by Gasteiger charge is 2.51. The average Bonchev–Trinajstić information content (AvgIpc) is 3.36. The molecule has 2 aromatic rings. The molecule has 1 aromatic carbocycles. The van der Waals surface area contributed by atoms with Gasteiger partial charge in [-0.05, 0) is 29.1 Å². The van der Waals surface area contributed by atoms with E-state index in [2.05, 4.69) is 0 Å². The van der Waals surface area contributed by atoms with Crippen molar-refractivity contribution in [1.82, 2.24) is 4.90 Å². The van der Waals surface area contributed by atoms with Crippen LogP contribution in [0.1, 0.15) is 21.3 Å². The van der Waals surface area contributed by atoms with Crippen molar-refractivity contribution in [2.24, 2.45) is 5.92 Å². The number of morpholine rings is 1. The van der Waals surface area contributed by atoms with Gasteiger partial charge in [0.15, 0.2) is 5.78 Å². The summed E-state index contributed by atoms with van der Waals surface area (Å²) in [6, 6.07) is 9.90. The van der Waals surface area contributed by atoms with Gasteiger partial charge in [0.05, 0.1) is 37.2 Å². The van der Waals surface area contributed by atoms with Gasteiger partial charge in [0.25, 0.3) is 5.91 Å². The lowest BCUT2D eigenvalue weighted by atomic mass is 9.88. The van der Waals surface area contributed by atoms with Gasteiger partial charge in [0.1, 0.15) is 19.0 Å². The molecule has 2 fully saturated rings. The SMILES string of the molecule is O=C1C(=O)N(CC[NH+]2CCOCC2)C(c2ccc(Cl)cc2)C1C(=O)c1cccs1. The summed E-state index contributed by atoms with van der Waals surface area (Å²) >= 11 is 7.31. The first-order valence-corrected chi connectivity index (χ1v) is 10.9. The van der Waals surface area contributed by atoms with Crippen LogP contribution in [0.25, 0.3) is 0 Å². The highest BCUT2D eigenvalue weighted by Crippen LogP contribution is 2.38. The Balaban J connectivity index is 1.64. The molecule has 2 aliphatic rings. The summed E-state index contributed by atoms with van der Waals surface area (Å²) < 4.78 is 5.39. The van der Waals surface area contributed by atoms with Crippen molar-refractivity contribution < 1.29 is 24.0 Å². The van der Waals surface area contributed by atoms with Crippen LogP contribution < -0.4 is 4.90 Å². The third-order valence-electron chi connectivity index (χ3n) is 5.57. The fraction of sp³-hybridized carbons (Fsp3) is 0.381. The van der Waals surface area contributed by atoms with E-state index in [-0.39, 0.29) is 5.78 Å². The number of amides is 1. The van der Waals surface area contributed by atoms with E-state index in [4.69, 9.17) is 16.3 Å². The Kier molecular flexibility index (Phi) is 6.10. The summed E-state index contributed by atoms with van der Waals surface area (Å²) in [4.78, 5) is 42.3. The number of carbonyl (C=O) groups is 3. The van der Waals surface area contributed by atoms with Crippen molar-refractivity contribution in [3.8, 4) is 0 Å². The fourth-order valence-electron chi connectivity index (χ4n) is 4.02. The lowest BCUT2D eigenvalue weighted by Gasteiger charge is -2.30. The minimum Gasteiger partial charge on any atom is -0.370 e. The van der Waals surface area contributed by atoms with E-state index in [0.717, 1.165) is 18.7 Å². The van der Waals surface area contributed by atoms with Crippen molar-refractivity contribution in [1.29, 1.82) is 0 Å². The average molecular weight is 434 g/mol. The molecule has 0 aliphatic carbocycles. The van der Waals surface area contributed by atoms with E-state index in [1.807, 2.05) is 0 Å². The summed E-state index contributed by atoms with van der Waals surface area (Å²) in [5.41, 5.74) is 0.750. The molecule has 4 rings (SSSR count). The van der Waals surface area contributed by atoms with Crippen LogP contribution in [0.15, 0.2) is 41.8 Å². The van der Waals surface area contributed by atoms with E-state index < -0.39 is 23.7 Å². The molecule has 8 heteroatoms. The largest absolute Gasteiger partial charge is 0.370 e. The molecule has 6 nitrogen and oxygen atoms in total. The van der Waals surface area contributed by atoms with Crippen molar-refractivity contribution in [2.45, 2.75) is 6.04 Å².